The lowest BCUT2D eigenvalue weighted by molar-refractivity contribution is -0.141. The van der Waals surface area contributed by atoms with Gasteiger partial charge in [0.2, 0.25) is 5.91 Å². The molecule has 0 saturated carbocycles. The molecule has 124 valence electrons. The minimum atomic E-state index is -4.16. The molecule has 0 aromatic carbocycles. The summed E-state index contributed by atoms with van der Waals surface area (Å²) >= 11 is 0. The van der Waals surface area contributed by atoms with Crippen molar-refractivity contribution in [1.82, 2.24) is 20.2 Å². The summed E-state index contributed by atoms with van der Waals surface area (Å²) in [6.45, 7) is 0.0367. The number of carbonyl (C=O) groups excluding carboxylic acids is 1. The number of rotatable bonds is 9. The van der Waals surface area contributed by atoms with E-state index in [2.05, 4.69) is 15.6 Å². The number of hydrogen-bond acceptors (Lipinski definition) is 5. The van der Waals surface area contributed by atoms with E-state index in [1.807, 2.05) is 0 Å². The third-order valence-electron chi connectivity index (χ3n) is 2.81. The number of imidazole rings is 1. The number of hydrogen-bond donors (Lipinski definition) is 5. The second kappa shape index (κ2) is 8.04. The molecule has 0 aliphatic rings. The minimum Gasteiger partial charge on any atom is -0.480 e. The van der Waals surface area contributed by atoms with E-state index in [0.29, 0.717) is 5.69 Å². The van der Waals surface area contributed by atoms with Gasteiger partial charge in [0.05, 0.1) is 12.6 Å². The Morgan fingerprint density at radius 2 is 2.14 bits per heavy atom. The van der Waals surface area contributed by atoms with Gasteiger partial charge in [0.15, 0.2) is 0 Å². The van der Waals surface area contributed by atoms with Gasteiger partial charge in [-0.2, -0.15) is 0 Å². The van der Waals surface area contributed by atoms with Gasteiger partial charge in [0, 0.05) is 38.3 Å². The summed E-state index contributed by atoms with van der Waals surface area (Å²) in [5.74, 6) is -1.69. The number of carboxylic acid groups (broad SMARTS) is 1. The van der Waals surface area contributed by atoms with Crippen molar-refractivity contribution in [3.8, 4) is 0 Å². The van der Waals surface area contributed by atoms with Crippen LogP contribution in [-0.2, 0) is 27.6 Å². The van der Waals surface area contributed by atoms with Gasteiger partial charge in [-0.3, -0.25) is 9.36 Å². The molecule has 1 unspecified atom stereocenters. The summed E-state index contributed by atoms with van der Waals surface area (Å²) in [5.41, 5.74) is 0.660. The first-order chi connectivity index (χ1) is 10.2. The molecule has 1 aromatic heterocycles. The van der Waals surface area contributed by atoms with E-state index in [1.165, 1.54) is 12.5 Å². The van der Waals surface area contributed by atoms with Crippen molar-refractivity contribution in [1.29, 1.82) is 0 Å². The SMILES string of the molecule is Cn1cncc1CC(NC(=O)CCNCP(=O)(O)O)C(=O)O. The molecule has 0 spiro atoms. The number of carbonyl (C=O) groups is 2. The molecule has 1 amide bonds. The Balaban J connectivity index is 2.43. The van der Waals surface area contributed by atoms with E-state index in [0.717, 1.165) is 0 Å². The molecule has 0 aliphatic carbocycles. The predicted octanol–water partition coefficient (Wildman–Crippen LogP) is -1.35. The molecule has 0 aliphatic heterocycles. The van der Waals surface area contributed by atoms with Crippen LogP contribution < -0.4 is 10.6 Å². The molecule has 10 nitrogen and oxygen atoms in total. The molecule has 0 radical (unpaired) electrons. The Morgan fingerprint density at radius 3 is 2.64 bits per heavy atom. The molecule has 5 N–H and O–H groups in total. The smallest absolute Gasteiger partial charge is 0.339 e. The molecule has 1 heterocycles. The molecule has 1 atom stereocenters. The third kappa shape index (κ3) is 6.81. The number of nitrogens with zero attached hydrogens (tertiary/aromatic N) is 2. The van der Waals surface area contributed by atoms with Crippen molar-refractivity contribution >= 4 is 19.5 Å². The Morgan fingerprint density at radius 1 is 1.45 bits per heavy atom. The Labute approximate surface area is 126 Å². The number of aliphatic carboxylic acids is 1. The average Bonchev–Trinajstić information content (AvgIpc) is 2.78. The maximum absolute atomic E-state index is 11.7. The van der Waals surface area contributed by atoms with Crippen LogP contribution in [0.2, 0.25) is 0 Å². The number of aryl methyl sites for hydroxylation is 1. The summed E-state index contributed by atoms with van der Waals surface area (Å²) < 4.78 is 12.3. The van der Waals surface area contributed by atoms with Crippen molar-refractivity contribution in [3.05, 3.63) is 18.2 Å². The van der Waals surface area contributed by atoms with Crippen LogP contribution in [0.25, 0.3) is 0 Å². The molecule has 1 aromatic rings. The van der Waals surface area contributed by atoms with Gasteiger partial charge in [-0.05, 0) is 0 Å². The Kier molecular flexibility index (Phi) is 6.69. The summed E-state index contributed by atoms with van der Waals surface area (Å²) in [6.07, 6.45) is 2.52. The van der Waals surface area contributed by atoms with Gasteiger partial charge >= 0.3 is 13.6 Å². The monoisotopic (exact) mass is 334 g/mol. The van der Waals surface area contributed by atoms with Crippen LogP contribution >= 0.6 is 7.60 Å². The van der Waals surface area contributed by atoms with Crippen LogP contribution in [-0.4, -0.2) is 55.2 Å². The quantitative estimate of drug-likeness (QED) is 0.274. The highest BCUT2D eigenvalue weighted by molar-refractivity contribution is 7.51. The van der Waals surface area contributed by atoms with Crippen LogP contribution in [0, 0.1) is 0 Å². The minimum absolute atomic E-state index is 0.0367. The molecule has 0 fully saturated rings. The summed E-state index contributed by atoms with van der Waals surface area (Å²) in [4.78, 5) is 44.0. The van der Waals surface area contributed by atoms with E-state index in [4.69, 9.17) is 14.9 Å². The Bertz CT molecular complexity index is 569. The summed E-state index contributed by atoms with van der Waals surface area (Å²) in [7, 11) is -2.44. The molecule has 11 heteroatoms. The molecule has 22 heavy (non-hydrogen) atoms. The van der Waals surface area contributed by atoms with Gasteiger partial charge in [0.25, 0.3) is 0 Å². The summed E-state index contributed by atoms with van der Waals surface area (Å²) in [6, 6.07) is -1.09. The van der Waals surface area contributed by atoms with Gasteiger partial charge in [0.1, 0.15) is 6.04 Å². The number of carboxylic acids is 1. The zero-order valence-corrected chi connectivity index (χ0v) is 12.9. The standard InChI is InChI=1S/C11H19N4O6P/c1-15-6-13-5-8(15)4-9(11(17)18)14-10(16)2-3-12-7-22(19,20)21/h5-6,9,12H,2-4,7H2,1H3,(H,14,16)(H,17,18)(H2,19,20,21). The van der Waals surface area contributed by atoms with E-state index >= 15 is 0 Å². The van der Waals surface area contributed by atoms with Crippen LogP contribution in [0.1, 0.15) is 12.1 Å². The lowest BCUT2D eigenvalue weighted by Crippen LogP contribution is -2.43. The van der Waals surface area contributed by atoms with Gasteiger partial charge < -0.3 is 30.1 Å². The number of nitrogens with one attached hydrogen (secondary N) is 2. The first kappa shape index (κ1) is 18.3. The van der Waals surface area contributed by atoms with E-state index in [9.17, 15) is 14.2 Å². The third-order valence-corrected chi connectivity index (χ3v) is 3.45. The van der Waals surface area contributed by atoms with E-state index in [1.54, 1.807) is 11.6 Å². The first-order valence-electron chi connectivity index (χ1n) is 6.41. The van der Waals surface area contributed by atoms with E-state index < -0.39 is 31.8 Å². The second-order valence-electron chi connectivity index (χ2n) is 4.73. The number of amides is 1. The second-order valence-corrected chi connectivity index (χ2v) is 6.38. The molecular weight excluding hydrogens is 315 g/mol. The zero-order valence-electron chi connectivity index (χ0n) is 12.0. The number of aromatic nitrogens is 2. The average molecular weight is 334 g/mol. The molecular formula is C11H19N4O6P. The van der Waals surface area contributed by atoms with Crippen molar-refractivity contribution in [2.75, 3.05) is 12.8 Å². The van der Waals surface area contributed by atoms with E-state index in [-0.39, 0.29) is 19.4 Å². The lowest BCUT2D eigenvalue weighted by atomic mass is 10.1. The highest BCUT2D eigenvalue weighted by atomic mass is 31.2. The van der Waals surface area contributed by atoms with Crippen LogP contribution in [0.15, 0.2) is 12.5 Å². The van der Waals surface area contributed by atoms with Crippen LogP contribution in [0.5, 0.6) is 0 Å². The van der Waals surface area contributed by atoms with Crippen molar-refractivity contribution in [2.45, 2.75) is 18.9 Å². The molecule has 0 saturated heterocycles. The maximum Gasteiger partial charge on any atom is 0.339 e. The normalized spacial score (nSPS) is 12.9. The first-order valence-corrected chi connectivity index (χ1v) is 8.21. The van der Waals surface area contributed by atoms with Crippen molar-refractivity contribution < 1.29 is 29.0 Å². The van der Waals surface area contributed by atoms with Crippen LogP contribution in [0.4, 0.5) is 0 Å². The fourth-order valence-corrected chi connectivity index (χ4v) is 2.13. The topological polar surface area (TPSA) is 154 Å². The van der Waals surface area contributed by atoms with Crippen LogP contribution in [0.3, 0.4) is 0 Å². The largest absolute Gasteiger partial charge is 0.480 e. The molecule has 0 bridgehead atoms. The van der Waals surface area contributed by atoms with Crippen molar-refractivity contribution in [3.63, 3.8) is 0 Å². The maximum atomic E-state index is 11.7. The van der Waals surface area contributed by atoms with Crippen molar-refractivity contribution in [2.24, 2.45) is 7.05 Å². The fraction of sp³-hybridized carbons (Fsp3) is 0.545. The van der Waals surface area contributed by atoms with Gasteiger partial charge in [-0.25, -0.2) is 9.78 Å². The zero-order chi connectivity index (χ0) is 16.8. The fourth-order valence-electron chi connectivity index (χ4n) is 1.68. The highest BCUT2D eigenvalue weighted by Crippen LogP contribution is 2.31. The van der Waals surface area contributed by atoms with Gasteiger partial charge in [-0.1, -0.05) is 0 Å². The summed E-state index contributed by atoms with van der Waals surface area (Å²) in [5, 5.41) is 13.9. The highest BCUT2D eigenvalue weighted by Gasteiger charge is 2.21. The predicted molar refractivity (Wildman–Crippen MR) is 76.0 cm³/mol. The molecule has 1 rings (SSSR count). The van der Waals surface area contributed by atoms with Gasteiger partial charge in [-0.15, -0.1) is 0 Å². The Hall–Kier alpha value is -1.74. The lowest BCUT2D eigenvalue weighted by Gasteiger charge is -2.15.